The Balaban J connectivity index is 0.000000187. The molecule has 0 N–H and O–H groups in total. The minimum Gasteiger partial charge on any atom is -0.486 e. The fraction of sp³-hybridized carbons (Fsp3) is 0.208. The number of furan rings is 1. The average molecular weight is 963 g/mol. The van der Waals surface area contributed by atoms with Crippen molar-refractivity contribution in [3.63, 3.8) is 0 Å². The smallest absolute Gasteiger partial charge is 0.241 e. The number of rotatable bonds is 10. The summed E-state index contributed by atoms with van der Waals surface area (Å²) in [6, 6.07) is 49.8. The second-order valence-corrected chi connectivity index (χ2v) is 16.4. The molecule has 4 aromatic carbocycles. The molecule has 0 saturated carbocycles. The standard InChI is InChI=1S/C31H27N3.C22H21N2O.Ir/c1-33-20-21-34(24-33)30-17-14-25(15-18-30)10-11-26-6-5-7-27(22-26)12-13-28-16-19-31(32-23-28)29-8-3-2-4-9-29;1-14-8-9-17-16-6-5-7-18(20(16)25-21(17)24-14)19-12-15(10-11-23-19)13-22(2,3)4;/h2-8,14-17,19-23H,10-13H2,1H3;5-6,8-12H,13H2,1-4H3;/q-2;-1;. The van der Waals surface area contributed by atoms with Crippen LogP contribution in [0.3, 0.4) is 0 Å². The Labute approximate surface area is 367 Å². The van der Waals surface area contributed by atoms with E-state index in [2.05, 4.69) is 133 Å². The van der Waals surface area contributed by atoms with Crippen LogP contribution in [0.4, 0.5) is 0 Å². The fourth-order valence-electron chi connectivity index (χ4n) is 7.33. The SMILES string of the molecule is C[n+]1[c-]n(-c2[c-]cc(CCc3cccc(CCc4ccc(-c5[c-]cccc5)nc4)c3)cc2)cc1.Cc1ccc2c(n1)oc1c(-c3cc(CC(C)(C)C)ccn3)[c-]ccc12.[Ir]. The van der Waals surface area contributed by atoms with Crippen LogP contribution in [0.2, 0.25) is 0 Å². The molecule has 0 saturated heterocycles. The van der Waals surface area contributed by atoms with E-state index in [1.165, 1.54) is 27.8 Å². The molecule has 9 rings (SSSR count). The Kier molecular flexibility index (Phi) is 13.3. The maximum atomic E-state index is 6.08. The van der Waals surface area contributed by atoms with Gasteiger partial charge in [0.1, 0.15) is 0 Å². The molecule has 0 spiro atoms. The summed E-state index contributed by atoms with van der Waals surface area (Å²) < 4.78 is 9.94. The van der Waals surface area contributed by atoms with Crippen LogP contribution in [-0.4, -0.2) is 19.5 Å². The second-order valence-electron chi connectivity index (χ2n) is 16.4. The number of imidazole rings is 1. The number of aromatic nitrogens is 5. The van der Waals surface area contributed by atoms with Crippen LogP contribution in [0.1, 0.15) is 54.3 Å². The summed E-state index contributed by atoms with van der Waals surface area (Å²) in [5, 5.41) is 2.08. The minimum atomic E-state index is 0. The van der Waals surface area contributed by atoms with E-state index in [0.29, 0.717) is 5.71 Å². The molecule has 0 amide bonds. The molecule has 0 aliphatic rings. The molecule has 5 heterocycles. The first kappa shape index (κ1) is 42.1. The fourth-order valence-corrected chi connectivity index (χ4v) is 7.33. The molecule has 0 aliphatic carbocycles. The molecule has 0 fully saturated rings. The Bertz CT molecular complexity index is 2800. The zero-order chi connectivity index (χ0) is 40.8. The van der Waals surface area contributed by atoms with Crippen molar-refractivity contribution in [2.45, 2.75) is 59.8 Å². The van der Waals surface area contributed by atoms with Crippen LogP contribution < -0.4 is 4.57 Å². The Morgan fingerprint density at radius 1 is 0.700 bits per heavy atom. The summed E-state index contributed by atoms with van der Waals surface area (Å²) in [7, 11) is 1.97. The molecule has 60 heavy (non-hydrogen) atoms. The number of hydrogen-bond acceptors (Lipinski definition) is 4. The summed E-state index contributed by atoms with van der Waals surface area (Å²) in [6.45, 7) is 8.70. The van der Waals surface area contributed by atoms with E-state index in [1.807, 2.05) is 90.4 Å². The molecule has 0 atom stereocenters. The van der Waals surface area contributed by atoms with Gasteiger partial charge in [0.25, 0.3) is 0 Å². The van der Waals surface area contributed by atoms with E-state index >= 15 is 0 Å². The van der Waals surface area contributed by atoms with Crippen LogP contribution in [0, 0.1) is 36.9 Å². The van der Waals surface area contributed by atoms with Crippen molar-refractivity contribution in [2.24, 2.45) is 12.5 Å². The van der Waals surface area contributed by atoms with Crippen LogP contribution in [-0.2, 0) is 59.3 Å². The van der Waals surface area contributed by atoms with Gasteiger partial charge in [0, 0.05) is 56.0 Å². The van der Waals surface area contributed by atoms with E-state index in [9.17, 15) is 0 Å². The number of nitrogens with zero attached hydrogens (tertiary/aromatic N) is 5. The molecule has 1 radical (unpaired) electrons. The second kappa shape index (κ2) is 18.9. The third-order valence-corrected chi connectivity index (χ3v) is 10.3. The molecule has 303 valence electrons. The quantitative estimate of drug-likeness (QED) is 0.101. The van der Waals surface area contributed by atoms with Gasteiger partial charge in [-0.05, 0) is 84.3 Å². The zero-order valence-corrected chi connectivity index (χ0v) is 37.2. The molecule has 6 nitrogen and oxygen atoms in total. The van der Waals surface area contributed by atoms with Crippen LogP contribution in [0.5, 0.6) is 0 Å². The van der Waals surface area contributed by atoms with Crippen LogP contribution in [0.15, 0.2) is 144 Å². The number of hydrogen-bond donors (Lipinski definition) is 0. The maximum absolute atomic E-state index is 6.08. The van der Waals surface area contributed by atoms with Crippen LogP contribution in [0.25, 0.3) is 50.3 Å². The molecule has 5 aromatic heterocycles. The summed E-state index contributed by atoms with van der Waals surface area (Å²) in [4.78, 5) is 13.7. The van der Waals surface area contributed by atoms with Crippen molar-refractivity contribution in [3.05, 3.63) is 198 Å². The predicted octanol–water partition coefficient (Wildman–Crippen LogP) is 11.1. The van der Waals surface area contributed by atoms with E-state index in [1.54, 1.807) is 0 Å². The number of aryl methyl sites for hydroxylation is 6. The molecule has 0 bridgehead atoms. The maximum Gasteiger partial charge on any atom is 0.241 e. The van der Waals surface area contributed by atoms with E-state index in [0.717, 1.165) is 82.4 Å². The van der Waals surface area contributed by atoms with Gasteiger partial charge in [-0.2, -0.15) is 29.8 Å². The first-order valence-corrected chi connectivity index (χ1v) is 20.3. The summed E-state index contributed by atoms with van der Waals surface area (Å²) in [5.74, 6) is 0. The Morgan fingerprint density at radius 3 is 2.20 bits per heavy atom. The molecule has 0 unspecified atom stereocenters. The zero-order valence-electron chi connectivity index (χ0n) is 34.8. The molecule has 0 aliphatic heterocycles. The van der Waals surface area contributed by atoms with Crippen molar-refractivity contribution in [2.75, 3.05) is 0 Å². The van der Waals surface area contributed by atoms with Crippen molar-refractivity contribution >= 4 is 22.1 Å². The number of fused-ring (bicyclic) bond motifs is 3. The van der Waals surface area contributed by atoms with Gasteiger partial charge in [-0.3, -0.25) is 0 Å². The van der Waals surface area contributed by atoms with Gasteiger partial charge in [0.15, 0.2) is 0 Å². The first-order valence-electron chi connectivity index (χ1n) is 20.3. The largest absolute Gasteiger partial charge is 0.486 e. The molecular weight excluding hydrogens is 915 g/mol. The molecule has 9 aromatic rings. The van der Waals surface area contributed by atoms with Gasteiger partial charge < -0.3 is 23.5 Å². The van der Waals surface area contributed by atoms with Gasteiger partial charge in [0.05, 0.1) is 12.6 Å². The predicted molar refractivity (Wildman–Crippen MR) is 236 cm³/mol. The van der Waals surface area contributed by atoms with Gasteiger partial charge in [0.2, 0.25) is 12.0 Å². The Morgan fingerprint density at radius 2 is 1.50 bits per heavy atom. The third-order valence-electron chi connectivity index (χ3n) is 10.3. The van der Waals surface area contributed by atoms with Gasteiger partial charge in [-0.25, -0.2) is 4.98 Å². The van der Waals surface area contributed by atoms with Gasteiger partial charge in [-0.15, -0.1) is 54.1 Å². The number of benzene rings is 4. The number of pyridine rings is 3. The van der Waals surface area contributed by atoms with E-state index in [-0.39, 0.29) is 25.5 Å². The first-order chi connectivity index (χ1) is 28.6. The van der Waals surface area contributed by atoms with Crippen molar-refractivity contribution in [1.82, 2.24) is 19.5 Å². The third kappa shape index (κ3) is 10.6. The summed E-state index contributed by atoms with van der Waals surface area (Å²) in [5.41, 5.74) is 14.0. The van der Waals surface area contributed by atoms with Crippen molar-refractivity contribution in [3.8, 4) is 28.2 Å². The van der Waals surface area contributed by atoms with Crippen molar-refractivity contribution in [1.29, 1.82) is 0 Å². The Hall–Kier alpha value is -6.01. The van der Waals surface area contributed by atoms with E-state index < -0.39 is 0 Å². The summed E-state index contributed by atoms with van der Waals surface area (Å²) >= 11 is 0. The van der Waals surface area contributed by atoms with Gasteiger partial charge >= 0.3 is 0 Å². The van der Waals surface area contributed by atoms with Gasteiger partial charge in [-0.1, -0.05) is 91.9 Å². The average Bonchev–Trinajstić information content (AvgIpc) is 3.85. The molecule has 7 heteroatoms. The summed E-state index contributed by atoms with van der Waals surface area (Å²) in [6.07, 6.45) is 16.1. The molecular formula is C53H48IrN5O-3. The van der Waals surface area contributed by atoms with Crippen molar-refractivity contribution < 1.29 is 29.1 Å². The normalized spacial score (nSPS) is 11.3. The van der Waals surface area contributed by atoms with E-state index in [4.69, 9.17) is 4.42 Å². The topological polar surface area (TPSA) is 60.6 Å². The minimum absolute atomic E-state index is 0. The monoisotopic (exact) mass is 963 g/mol. The van der Waals surface area contributed by atoms with Crippen LogP contribution >= 0.6 is 0 Å².